The maximum atomic E-state index is 13.5. The van der Waals surface area contributed by atoms with Crippen LogP contribution < -0.4 is 10.0 Å². The topological polar surface area (TPSA) is 58.2 Å². The molecule has 2 aromatic rings. The molecule has 0 spiro atoms. The molecule has 0 unspecified atom stereocenters. The van der Waals surface area contributed by atoms with Crippen LogP contribution in [-0.2, 0) is 16.6 Å². The van der Waals surface area contributed by atoms with Gasteiger partial charge in [0.25, 0.3) is 10.0 Å². The summed E-state index contributed by atoms with van der Waals surface area (Å²) in [5.74, 6) is -0.613. The number of hydrogen-bond acceptors (Lipinski definition) is 4. The van der Waals surface area contributed by atoms with Crippen LogP contribution in [0.5, 0.6) is 0 Å². The van der Waals surface area contributed by atoms with Gasteiger partial charge < -0.3 is 5.32 Å². The van der Waals surface area contributed by atoms with Crippen LogP contribution in [0.25, 0.3) is 0 Å². The molecule has 8 heteroatoms. The minimum absolute atomic E-state index is 0.0687. The summed E-state index contributed by atoms with van der Waals surface area (Å²) in [5, 5.41) is 2.95. The first-order valence-electron chi connectivity index (χ1n) is 5.64. The third kappa shape index (κ3) is 3.38. The van der Waals surface area contributed by atoms with Gasteiger partial charge in [0, 0.05) is 11.4 Å². The molecule has 0 saturated carbocycles. The predicted octanol–water partition coefficient (Wildman–Crippen LogP) is 3.17. The van der Waals surface area contributed by atoms with E-state index in [-0.39, 0.29) is 10.6 Å². The van der Waals surface area contributed by atoms with Crippen molar-refractivity contribution in [3.05, 3.63) is 44.8 Å². The van der Waals surface area contributed by atoms with Gasteiger partial charge in [0.1, 0.15) is 10.7 Å². The molecule has 1 aromatic heterocycles. The number of sulfonamides is 1. The van der Waals surface area contributed by atoms with Gasteiger partial charge in [0.2, 0.25) is 0 Å². The maximum Gasteiger partial charge on any atom is 0.263 e. The van der Waals surface area contributed by atoms with E-state index in [1.165, 1.54) is 29.5 Å². The van der Waals surface area contributed by atoms with Gasteiger partial charge in [-0.2, -0.15) is 0 Å². The van der Waals surface area contributed by atoms with Crippen molar-refractivity contribution in [3.63, 3.8) is 0 Å². The molecular weight excluding hydrogens is 367 g/mol. The van der Waals surface area contributed by atoms with Gasteiger partial charge in [-0.1, -0.05) is 12.1 Å². The Bertz CT molecular complexity index is 716. The summed E-state index contributed by atoms with van der Waals surface area (Å²) in [7, 11) is -2.04. The highest BCUT2D eigenvalue weighted by molar-refractivity contribution is 9.11. The van der Waals surface area contributed by atoms with Crippen LogP contribution in [0.4, 0.5) is 10.1 Å². The zero-order valence-electron chi connectivity index (χ0n) is 10.5. The molecule has 0 radical (unpaired) electrons. The third-order valence-corrected chi connectivity index (χ3v) is 6.08. The molecule has 2 N–H and O–H groups in total. The second-order valence-electron chi connectivity index (χ2n) is 3.97. The summed E-state index contributed by atoms with van der Waals surface area (Å²) < 4.78 is 40.8. The van der Waals surface area contributed by atoms with Gasteiger partial charge >= 0.3 is 0 Å². The van der Waals surface area contributed by atoms with Crippen molar-refractivity contribution in [2.24, 2.45) is 0 Å². The molecule has 0 atom stereocenters. The van der Waals surface area contributed by atoms with Gasteiger partial charge in [0.15, 0.2) is 0 Å². The largest absolute Gasteiger partial charge is 0.315 e. The van der Waals surface area contributed by atoms with Gasteiger partial charge in [-0.05, 0) is 41.2 Å². The maximum absolute atomic E-state index is 13.5. The fourth-order valence-electron chi connectivity index (χ4n) is 1.59. The second kappa shape index (κ2) is 6.21. The number of nitrogens with one attached hydrogen (secondary N) is 2. The van der Waals surface area contributed by atoms with E-state index < -0.39 is 15.8 Å². The first-order valence-corrected chi connectivity index (χ1v) is 8.73. The number of halogens is 2. The minimum atomic E-state index is -3.82. The smallest absolute Gasteiger partial charge is 0.263 e. The summed E-state index contributed by atoms with van der Waals surface area (Å²) in [6.45, 7) is 0.568. The second-order valence-corrected chi connectivity index (χ2v) is 8.07. The van der Waals surface area contributed by atoms with Crippen LogP contribution in [0, 0.1) is 5.82 Å². The molecule has 4 nitrogen and oxygen atoms in total. The molecule has 1 aromatic carbocycles. The summed E-state index contributed by atoms with van der Waals surface area (Å²) >= 11 is 4.55. The highest BCUT2D eigenvalue weighted by Crippen LogP contribution is 2.33. The number of anilines is 1. The van der Waals surface area contributed by atoms with E-state index in [1.54, 1.807) is 19.2 Å². The number of hydrogen-bond donors (Lipinski definition) is 2. The van der Waals surface area contributed by atoms with Crippen LogP contribution >= 0.6 is 27.3 Å². The normalized spacial score (nSPS) is 11.6. The predicted molar refractivity (Wildman–Crippen MR) is 82.0 cm³/mol. The standard InChI is InChI=1S/C12H12BrFN2O2S2/c1-15-7-8-6-11(12(13)19-8)20(17,18)16-10-5-3-2-4-9(10)14/h2-6,15-16H,7H2,1H3. The first-order chi connectivity index (χ1) is 9.44. The van der Waals surface area contributed by atoms with Gasteiger partial charge in [-0.25, -0.2) is 12.8 Å². The highest BCUT2D eigenvalue weighted by atomic mass is 79.9. The summed E-state index contributed by atoms with van der Waals surface area (Å²) in [5.41, 5.74) is -0.0687. The molecule has 108 valence electrons. The zero-order chi connectivity index (χ0) is 14.8. The molecule has 20 heavy (non-hydrogen) atoms. The summed E-state index contributed by atoms with van der Waals surface area (Å²) in [4.78, 5) is 0.976. The Morgan fingerprint density at radius 2 is 2.05 bits per heavy atom. The van der Waals surface area contributed by atoms with Crippen LogP contribution in [0.15, 0.2) is 39.0 Å². The Morgan fingerprint density at radius 3 is 2.70 bits per heavy atom. The lowest BCUT2D eigenvalue weighted by atomic mass is 10.3. The van der Waals surface area contributed by atoms with E-state index in [9.17, 15) is 12.8 Å². The van der Waals surface area contributed by atoms with Crippen molar-refractivity contribution in [3.8, 4) is 0 Å². The Hall–Kier alpha value is -0.960. The van der Waals surface area contributed by atoms with Crippen molar-refractivity contribution in [1.29, 1.82) is 0 Å². The quantitative estimate of drug-likeness (QED) is 0.839. The Kier molecular flexibility index (Phi) is 4.79. The van der Waals surface area contributed by atoms with Crippen LogP contribution in [-0.4, -0.2) is 15.5 Å². The highest BCUT2D eigenvalue weighted by Gasteiger charge is 2.22. The first kappa shape index (κ1) is 15.4. The molecule has 0 saturated heterocycles. The van der Waals surface area contributed by atoms with Crippen molar-refractivity contribution >= 4 is 43.0 Å². The summed E-state index contributed by atoms with van der Waals surface area (Å²) in [6.07, 6.45) is 0. The van der Waals surface area contributed by atoms with Crippen molar-refractivity contribution in [2.45, 2.75) is 11.4 Å². The van der Waals surface area contributed by atoms with Crippen molar-refractivity contribution < 1.29 is 12.8 Å². The Labute approximate surface area is 129 Å². The Balaban J connectivity index is 2.33. The van der Waals surface area contributed by atoms with Crippen molar-refractivity contribution in [1.82, 2.24) is 5.32 Å². The van der Waals surface area contributed by atoms with E-state index in [2.05, 4.69) is 26.0 Å². The summed E-state index contributed by atoms with van der Waals surface area (Å²) in [6, 6.07) is 7.21. The molecule has 2 rings (SSSR count). The van der Waals surface area contributed by atoms with Gasteiger partial charge in [-0.15, -0.1) is 11.3 Å². The number of para-hydroxylation sites is 1. The number of rotatable bonds is 5. The molecule has 0 aliphatic rings. The zero-order valence-corrected chi connectivity index (χ0v) is 13.7. The molecule has 0 aliphatic carbocycles. The van der Waals surface area contributed by atoms with Crippen LogP contribution in [0.2, 0.25) is 0 Å². The van der Waals surface area contributed by atoms with Gasteiger partial charge in [0.05, 0.1) is 9.47 Å². The number of thiophene rings is 1. The lowest BCUT2D eigenvalue weighted by Crippen LogP contribution is -2.13. The van der Waals surface area contributed by atoms with E-state index in [4.69, 9.17) is 0 Å². The average Bonchev–Trinajstić information content (AvgIpc) is 2.74. The molecule has 0 bridgehead atoms. The number of benzene rings is 1. The lowest BCUT2D eigenvalue weighted by Gasteiger charge is -2.07. The van der Waals surface area contributed by atoms with E-state index in [0.717, 1.165) is 4.88 Å². The fraction of sp³-hybridized carbons (Fsp3) is 0.167. The van der Waals surface area contributed by atoms with Crippen LogP contribution in [0.1, 0.15) is 4.88 Å². The third-order valence-electron chi connectivity index (χ3n) is 2.47. The SMILES string of the molecule is CNCc1cc(S(=O)(=O)Nc2ccccc2F)c(Br)s1. The lowest BCUT2D eigenvalue weighted by molar-refractivity contribution is 0.598. The average molecular weight is 379 g/mol. The monoisotopic (exact) mass is 378 g/mol. The van der Waals surface area contributed by atoms with Gasteiger partial charge in [-0.3, -0.25) is 4.72 Å². The molecule has 0 amide bonds. The molecule has 0 aliphatic heterocycles. The van der Waals surface area contributed by atoms with E-state index in [0.29, 0.717) is 10.3 Å². The van der Waals surface area contributed by atoms with E-state index >= 15 is 0 Å². The minimum Gasteiger partial charge on any atom is -0.315 e. The molecular formula is C12H12BrFN2O2S2. The van der Waals surface area contributed by atoms with E-state index in [1.807, 2.05) is 0 Å². The Morgan fingerprint density at radius 1 is 1.35 bits per heavy atom. The molecule has 0 fully saturated rings. The molecule has 1 heterocycles. The van der Waals surface area contributed by atoms with Crippen LogP contribution in [0.3, 0.4) is 0 Å². The fourth-order valence-corrected chi connectivity index (χ4v) is 5.35. The van der Waals surface area contributed by atoms with Crippen molar-refractivity contribution in [2.75, 3.05) is 11.8 Å².